The van der Waals surface area contributed by atoms with E-state index in [0.717, 1.165) is 61.0 Å². The third-order valence-electron chi connectivity index (χ3n) is 6.58. The Morgan fingerprint density at radius 2 is 1.27 bits per heavy atom. The van der Waals surface area contributed by atoms with E-state index in [1.165, 1.54) is 45.1 Å². The number of nitrogens with zero attached hydrogens (tertiary/aromatic N) is 1. The molecule has 10 heteroatoms. The Morgan fingerprint density at radius 3 is 1.78 bits per heavy atom. The van der Waals surface area contributed by atoms with Crippen molar-refractivity contribution in [1.82, 2.24) is 10.2 Å². The molecule has 0 bridgehead atoms. The van der Waals surface area contributed by atoms with E-state index < -0.39 is 18.1 Å². The summed E-state index contributed by atoms with van der Waals surface area (Å²) < 4.78 is 30.5. The van der Waals surface area contributed by atoms with E-state index in [0.29, 0.717) is 19.8 Å². The first kappa shape index (κ1) is 37.4. The van der Waals surface area contributed by atoms with Crippen LogP contribution in [0.15, 0.2) is 0 Å². The van der Waals surface area contributed by atoms with Crippen LogP contribution in [0.2, 0.25) is 10.7 Å². The minimum atomic E-state index is -2.55. The van der Waals surface area contributed by atoms with Crippen molar-refractivity contribution in [1.29, 1.82) is 0 Å². The number of hydrogen-bond acceptors (Lipinski definition) is 7. The van der Waals surface area contributed by atoms with Crippen LogP contribution in [0.25, 0.3) is 0 Å². The molecular formula is C27H61N2O5Si3. The van der Waals surface area contributed by atoms with Crippen molar-refractivity contribution in [2.45, 2.75) is 111 Å². The van der Waals surface area contributed by atoms with Crippen molar-refractivity contribution < 1.29 is 22.1 Å². The molecule has 0 saturated carbocycles. The second-order valence-electron chi connectivity index (χ2n) is 9.47. The molecule has 37 heavy (non-hydrogen) atoms. The SMILES string of the molecule is CCO[Si](OCC)C(C)(CCCCCCCN(CC)CC)[Si]CNCCC[Si](OCC)(OCC)OCC. The fourth-order valence-electron chi connectivity index (χ4n) is 4.55. The maximum Gasteiger partial charge on any atom is 0.500 e. The highest BCUT2D eigenvalue weighted by Gasteiger charge is 2.41. The van der Waals surface area contributed by atoms with Crippen molar-refractivity contribution in [2.75, 3.05) is 65.4 Å². The van der Waals surface area contributed by atoms with Gasteiger partial charge in [-0.1, -0.05) is 46.5 Å². The van der Waals surface area contributed by atoms with Crippen LogP contribution >= 0.6 is 0 Å². The first-order valence-corrected chi connectivity index (χ1v) is 19.6. The van der Waals surface area contributed by atoms with Gasteiger partial charge in [0.05, 0.1) is 9.52 Å². The predicted octanol–water partition coefficient (Wildman–Crippen LogP) is 5.64. The summed E-state index contributed by atoms with van der Waals surface area (Å²) in [5.41, 5.74) is 0. The highest BCUT2D eigenvalue weighted by atomic mass is 28.4. The molecule has 7 nitrogen and oxygen atoms in total. The molecule has 0 aromatic rings. The molecule has 0 saturated heterocycles. The Kier molecular flexibility index (Phi) is 24.4. The lowest BCUT2D eigenvalue weighted by Crippen LogP contribution is -2.46. The fourth-order valence-corrected chi connectivity index (χ4v) is 11.1. The van der Waals surface area contributed by atoms with Crippen LogP contribution in [0.1, 0.15) is 100 Å². The Balaban J connectivity index is 4.67. The molecule has 0 aliphatic carbocycles. The highest BCUT2D eigenvalue weighted by molar-refractivity contribution is 6.66. The van der Waals surface area contributed by atoms with Crippen LogP contribution in [0.5, 0.6) is 0 Å². The normalized spacial score (nSPS) is 14.1. The van der Waals surface area contributed by atoms with Gasteiger partial charge in [0, 0.05) is 43.7 Å². The minimum Gasteiger partial charge on any atom is -0.394 e. The molecule has 0 aromatic heterocycles. The van der Waals surface area contributed by atoms with Crippen LogP contribution in [-0.4, -0.2) is 97.9 Å². The van der Waals surface area contributed by atoms with E-state index >= 15 is 0 Å². The lowest BCUT2D eigenvalue weighted by atomic mass is 10.1. The molecule has 0 aliphatic rings. The second-order valence-corrected chi connectivity index (χ2v) is 16.8. The third-order valence-corrected chi connectivity index (χ3v) is 14.6. The quantitative estimate of drug-likeness (QED) is 0.0954. The molecule has 0 aliphatic heterocycles. The molecule has 221 valence electrons. The minimum absolute atomic E-state index is 0.130. The summed E-state index contributed by atoms with van der Waals surface area (Å²) in [4.78, 5) is 2.52. The Labute approximate surface area is 236 Å². The zero-order valence-electron chi connectivity index (χ0n) is 25.7. The van der Waals surface area contributed by atoms with Crippen LogP contribution < -0.4 is 5.32 Å². The van der Waals surface area contributed by atoms with Gasteiger partial charge in [-0.25, -0.2) is 0 Å². The Morgan fingerprint density at radius 1 is 0.730 bits per heavy atom. The highest BCUT2D eigenvalue weighted by Crippen LogP contribution is 2.35. The summed E-state index contributed by atoms with van der Waals surface area (Å²) in [5, 5.41) is 3.69. The maximum absolute atomic E-state index is 6.21. The monoisotopic (exact) mass is 577 g/mol. The predicted molar refractivity (Wildman–Crippen MR) is 162 cm³/mol. The van der Waals surface area contributed by atoms with Gasteiger partial charge in [0.15, 0.2) is 0 Å². The van der Waals surface area contributed by atoms with Crippen molar-refractivity contribution in [3.8, 4) is 0 Å². The Bertz CT molecular complexity index is 484. The molecule has 0 rings (SSSR count). The van der Waals surface area contributed by atoms with E-state index in [1.54, 1.807) is 0 Å². The molecule has 1 atom stereocenters. The van der Waals surface area contributed by atoms with E-state index in [-0.39, 0.29) is 4.66 Å². The summed E-state index contributed by atoms with van der Waals surface area (Å²) in [6.07, 6.45) is 9.73. The van der Waals surface area contributed by atoms with Gasteiger partial charge in [0.2, 0.25) is 0 Å². The summed E-state index contributed by atoms with van der Waals surface area (Å²) in [6, 6.07) is 0.858. The standard InChI is InChI=1S/C27H61N2O5Si3/c1-9-29(10-2)24-20-18-16-17-19-22-27(8,36(30-11-3)31-12-4)35-26-28-23-21-25-37(32-13-5,33-14-6)34-15-7/h28H,9-26H2,1-8H3. The van der Waals surface area contributed by atoms with E-state index in [2.05, 4.69) is 44.8 Å². The van der Waals surface area contributed by atoms with Crippen LogP contribution in [0.3, 0.4) is 0 Å². The molecule has 0 amide bonds. The van der Waals surface area contributed by atoms with Gasteiger partial charge in [-0.2, -0.15) is 0 Å². The van der Waals surface area contributed by atoms with Crippen molar-refractivity contribution in [3.63, 3.8) is 0 Å². The number of nitrogens with one attached hydrogen (secondary N) is 1. The average molecular weight is 578 g/mol. The molecule has 3 radical (unpaired) electrons. The van der Waals surface area contributed by atoms with E-state index in [4.69, 9.17) is 22.1 Å². The summed E-state index contributed by atoms with van der Waals surface area (Å²) in [5.74, 6) is 0. The molecule has 0 fully saturated rings. The van der Waals surface area contributed by atoms with Crippen LogP contribution in [0, 0.1) is 0 Å². The summed E-state index contributed by atoms with van der Waals surface area (Å²) in [6.45, 7) is 25.0. The number of hydrogen-bond donors (Lipinski definition) is 1. The van der Waals surface area contributed by atoms with Crippen molar-refractivity contribution >= 4 is 27.6 Å². The maximum atomic E-state index is 6.21. The van der Waals surface area contributed by atoms with Gasteiger partial charge in [-0.3, -0.25) is 0 Å². The van der Waals surface area contributed by atoms with Gasteiger partial charge >= 0.3 is 18.1 Å². The molecule has 0 aromatic carbocycles. The van der Waals surface area contributed by atoms with Gasteiger partial charge in [0.25, 0.3) is 0 Å². The first-order valence-electron chi connectivity index (χ1n) is 15.1. The summed E-state index contributed by atoms with van der Waals surface area (Å²) >= 11 is 0. The van der Waals surface area contributed by atoms with Crippen molar-refractivity contribution in [2.24, 2.45) is 0 Å². The topological polar surface area (TPSA) is 61.4 Å². The summed E-state index contributed by atoms with van der Waals surface area (Å²) in [7, 11) is -3.09. The van der Waals surface area contributed by atoms with Crippen molar-refractivity contribution in [3.05, 3.63) is 0 Å². The van der Waals surface area contributed by atoms with Crippen LogP contribution in [0.4, 0.5) is 0 Å². The largest absolute Gasteiger partial charge is 0.500 e. The van der Waals surface area contributed by atoms with Gasteiger partial charge in [-0.15, -0.1) is 0 Å². The van der Waals surface area contributed by atoms with Crippen LogP contribution in [-0.2, 0) is 22.1 Å². The van der Waals surface area contributed by atoms with E-state index in [1.807, 2.05) is 20.8 Å². The molecule has 0 spiro atoms. The smallest absolute Gasteiger partial charge is 0.394 e. The van der Waals surface area contributed by atoms with Gasteiger partial charge < -0.3 is 32.3 Å². The average Bonchev–Trinajstić information content (AvgIpc) is 2.88. The second kappa shape index (κ2) is 24.2. The zero-order chi connectivity index (χ0) is 27.8. The molecular weight excluding hydrogens is 517 g/mol. The first-order chi connectivity index (χ1) is 17.9. The van der Waals surface area contributed by atoms with Gasteiger partial charge in [0.1, 0.15) is 0 Å². The van der Waals surface area contributed by atoms with Gasteiger partial charge in [-0.05, 0) is 86.2 Å². The molecule has 1 N–H and O–H groups in total. The van der Waals surface area contributed by atoms with E-state index in [9.17, 15) is 0 Å². The molecule has 0 heterocycles. The zero-order valence-corrected chi connectivity index (χ0v) is 28.7. The lowest BCUT2D eigenvalue weighted by Gasteiger charge is -2.34. The molecule has 1 unspecified atom stereocenters. The fraction of sp³-hybridized carbons (Fsp3) is 1.00. The number of unbranched alkanes of at least 4 members (excludes halogenated alkanes) is 4. The Hall–Kier alpha value is 0.371. The lowest BCUT2D eigenvalue weighted by molar-refractivity contribution is 0.0708. The third kappa shape index (κ3) is 16.9. The number of rotatable bonds is 28.